The fourth-order valence-corrected chi connectivity index (χ4v) is 4.64. The first-order valence-electron chi connectivity index (χ1n) is 10.6. The highest BCUT2D eigenvalue weighted by atomic mass is 32.2. The largest absolute Gasteiger partial charge is 0.349 e. The maximum atomic E-state index is 12.7. The second-order valence-electron chi connectivity index (χ2n) is 7.86. The lowest BCUT2D eigenvalue weighted by Crippen LogP contribution is -2.36. The predicted molar refractivity (Wildman–Crippen MR) is 120 cm³/mol. The minimum atomic E-state index is -3.68. The van der Waals surface area contributed by atoms with E-state index in [2.05, 4.69) is 15.4 Å². The van der Waals surface area contributed by atoms with E-state index in [0.717, 1.165) is 31.2 Å². The summed E-state index contributed by atoms with van der Waals surface area (Å²) in [5.74, 6) is -0.576. The molecule has 0 aromatic heterocycles. The maximum absolute atomic E-state index is 12.7. The smallest absolute Gasteiger partial charge is 0.253 e. The summed E-state index contributed by atoms with van der Waals surface area (Å²) in [6.45, 7) is 1.83. The normalized spacial score (nSPS) is 14.7. The summed E-state index contributed by atoms with van der Waals surface area (Å²) in [5, 5.41) is 5.78. The number of rotatable bonds is 8. The Bertz CT molecular complexity index is 1010. The molecule has 1 saturated carbocycles. The van der Waals surface area contributed by atoms with Gasteiger partial charge < -0.3 is 10.6 Å². The lowest BCUT2D eigenvalue weighted by Gasteiger charge is -2.23. The zero-order valence-corrected chi connectivity index (χ0v) is 18.5. The van der Waals surface area contributed by atoms with Crippen molar-refractivity contribution in [1.82, 2.24) is 10.0 Å². The van der Waals surface area contributed by atoms with Crippen molar-refractivity contribution in [2.45, 2.75) is 56.4 Å². The molecule has 166 valence electrons. The molecule has 31 heavy (non-hydrogen) atoms. The Morgan fingerprint density at radius 3 is 2.35 bits per heavy atom. The molecule has 1 fully saturated rings. The van der Waals surface area contributed by atoms with Crippen LogP contribution in [0, 0.1) is 6.92 Å². The van der Waals surface area contributed by atoms with Crippen molar-refractivity contribution in [3.05, 3.63) is 59.7 Å². The number of benzene rings is 2. The van der Waals surface area contributed by atoms with E-state index < -0.39 is 10.0 Å². The molecule has 0 spiro atoms. The van der Waals surface area contributed by atoms with E-state index in [9.17, 15) is 18.0 Å². The van der Waals surface area contributed by atoms with Crippen molar-refractivity contribution in [2.75, 3.05) is 11.9 Å². The van der Waals surface area contributed by atoms with Crippen LogP contribution in [0.15, 0.2) is 53.4 Å². The van der Waals surface area contributed by atoms with Gasteiger partial charge in [-0.15, -0.1) is 0 Å². The second kappa shape index (κ2) is 10.5. The fraction of sp³-hybridized carbons (Fsp3) is 0.391. The van der Waals surface area contributed by atoms with Crippen LogP contribution < -0.4 is 15.4 Å². The van der Waals surface area contributed by atoms with Crippen LogP contribution in [0.1, 0.15) is 54.4 Å². The summed E-state index contributed by atoms with van der Waals surface area (Å²) in [4.78, 5) is 25.2. The van der Waals surface area contributed by atoms with Gasteiger partial charge in [-0.25, -0.2) is 13.1 Å². The van der Waals surface area contributed by atoms with E-state index in [1.54, 1.807) is 36.4 Å². The molecule has 0 aliphatic heterocycles. The van der Waals surface area contributed by atoms with Crippen LogP contribution in [0.3, 0.4) is 0 Å². The molecular weight excluding hydrogens is 414 g/mol. The number of hydrogen-bond acceptors (Lipinski definition) is 4. The Hall–Kier alpha value is -2.71. The molecule has 0 saturated heterocycles. The molecule has 7 nitrogen and oxygen atoms in total. The molecule has 0 radical (unpaired) electrons. The number of amides is 2. The molecule has 3 rings (SSSR count). The van der Waals surface area contributed by atoms with Crippen LogP contribution >= 0.6 is 0 Å². The van der Waals surface area contributed by atoms with Crippen LogP contribution in [0.4, 0.5) is 5.69 Å². The van der Waals surface area contributed by atoms with Gasteiger partial charge in [0.2, 0.25) is 15.9 Å². The average molecular weight is 444 g/mol. The van der Waals surface area contributed by atoms with Gasteiger partial charge in [0.1, 0.15) is 0 Å². The van der Waals surface area contributed by atoms with Crippen molar-refractivity contribution < 1.29 is 18.0 Å². The van der Waals surface area contributed by atoms with E-state index in [1.165, 1.54) is 18.6 Å². The van der Waals surface area contributed by atoms with Crippen LogP contribution in [-0.2, 0) is 14.8 Å². The topological polar surface area (TPSA) is 104 Å². The van der Waals surface area contributed by atoms with E-state index in [1.807, 2.05) is 6.92 Å². The summed E-state index contributed by atoms with van der Waals surface area (Å²) >= 11 is 0. The Kier molecular flexibility index (Phi) is 7.81. The third-order valence-corrected chi connectivity index (χ3v) is 6.84. The van der Waals surface area contributed by atoms with Gasteiger partial charge in [0.05, 0.1) is 16.1 Å². The molecule has 2 aromatic rings. The number of sulfonamides is 1. The van der Waals surface area contributed by atoms with Gasteiger partial charge in [-0.3, -0.25) is 9.59 Å². The first-order chi connectivity index (χ1) is 14.8. The molecule has 2 aromatic carbocycles. The Balaban J connectivity index is 1.54. The van der Waals surface area contributed by atoms with Crippen LogP contribution in [0.5, 0.6) is 0 Å². The lowest BCUT2D eigenvalue weighted by molar-refractivity contribution is -0.116. The predicted octanol–water partition coefficient (Wildman–Crippen LogP) is 3.36. The molecule has 0 atom stereocenters. The van der Waals surface area contributed by atoms with Crippen molar-refractivity contribution >= 4 is 27.5 Å². The Morgan fingerprint density at radius 2 is 1.65 bits per heavy atom. The summed E-state index contributed by atoms with van der Waals surface area (Å²) in [7, 11) is -3.68. The van der Waals surface area contributed by atoms with Crippen LogP contribution in [0.2, 0.25) is 0 Å². The van der Waals surface area contributed by atoms with Crippen molar-refractivity contribution in [2.24, 2.45) is 0 Å². The highest BCUT2D eigenvalue weighted by Gasteiger charge is 2.19. The SMILES string of the molecule is Cc1ccc(S(=O)(=O)NCCC(=O)Nc2ccccc2C(=O)NC2CCCCC2)cc1. The van der Waals surface area contributed by atoms with E-state index in [0.29, 0.717) is 11.3 Å². The van der Waals surface area contributed by atoms with Gasteiger partial charge in [0, 0.05) is 19.0 Å². The first-order valence-corrected chi connectivity index (χ1v) is 12.1. The molecule has 8 heteroatoms. The Morgan fingerprint density at radius 1 is 0.968 bits per heavy atom. The molecule has 1 aliphatic carbocycles. The number of carbonyl (C=O) groups is 2. The van der Waals surface area contributed by atoms with Crippen LogP contribution in [-0.4, -0.2) is 32.8 Å². The first kappa shape index (κ1) is 23.0. The van der Waals surface area contributed by atoms with Crippen molar-refractivity contribution in [3.63, 3.8) is 0 Å². The standard InChI is InChI=1S/C23H29N3O4S/c1-17-11-13-19(14-12-17)31(29,30)24-16-15-22(27)26-21-10-6-5-9-20(21)23(28)25-18-7-3-2-4-8-18/h5-6,9-14,18,24H,2-4,7-8,15-16H2,1H3,(H,25,28)(H,26,27). The molecular formula is C23H29N3O4S. The molecule has 1 aliphatic rings. The van der Waals surface area contributed by atoms with Crippen LogP contribution in [0.25, 0.3) is 0 Å². The van der Waals surface area contributed by atoms with Gasteiger partial charge in [-0.2, -0.15) is 0 Å². The number of carbonyl (C=O) groups excluding carboxylic acids is 2. The molecule has 0 bridgehead atoms. The monoisotopic (exact) mass is 443 g/mol. The highest BCUT2D eigenvalue weighted by molar-refractivity contribution is 7.89. The quantitative estimate of drug-likeness (QED) is 0.582. The highest BCUT2D eigenvalue weighted by Crippen LogP contribution is 2.20. The van der Waals surface area contributed by atoms with E-state index in [-0.39, 0.29) is 35.7 Å². The van der Waals surface area contributed by atoms with Gasteiger partial charge >= 0.3 is 0 Å². The zero-order chi connectivity index (χ0) is 22.3. The van der Waals surface area contributed by atoms with Gasteiger partial charge in [-0.1, -0.05) is 49.1 Å². The fourth-order valence-electron chi connectivity index (χ4n) is 3.61. The number of para-hydroxylation sites is 1. The molecule has 0 heterocycles. The summed E-state index contributed by atoms with van der Waals surface area (Å²) in [6.07, 6.45) is 5.32. The molecule has 2 amide bonds. The lowest BCUT2D eigenvalue weighted by atomic mass is 9.95. The summed E-state index contributed by atoms with van der Waals surface area (Å²) in [6, 6.07) is 13.5. The number of hydrogen-bond donors (Lipinski definition) is 3. The van der Waals surface area contributed by atoms with Gasteiger partial charge in [-0.05, 0) is 44.0 Å². The third kappa shape index (κ3) is 6.63. The minimum absolute atomic E-state index is 0.0432. The van der Waals surface area contributed by atoms with Crippen molar-refractivity contribution in [3.8, 4) is 0 Å². The van der Waals surface area contributed by atoms with E-state index in [4.69, 9.17) is 0 Å². The zero-order valence-electron chi connectivity index (χ0n) is 17.7. The number of nitrogens with one attached hydrogen (secondary N) is 3. The van der Waals surface area contributed by atoms with Crippen molar-refractivity contribution in [1.29, 1.82) is 0 Å². The number of aryl methyl sites for hydroxylation is 1. The van der Waals surface area contributed by atoms with Gasteiger partial charge in [0.25, 0.3) is 5.91 Å². The average Bonchev–Trinajstić information content (AvgIpc) is 2.75. The second-order valence-corrected chi connectivity index (χ2v) is 9.63. The van der Waals surface area contributed by atoms with E-state index >= 15 is 0 Å². The summed E-state index contributed by atoms with van der Waals surface area (Å²) in [5.41, 5.74) is 1.79. The maximum Gasteiger partial charge on any atom is 0.253 e. The molecule has 0 unspecified atom stereocenters. The molecule has 3 N–H and O–H groups in total. The summed E-state index contributed by atoms with van der Waals surface area (Å²) < 4.78 is 27.1. The Labute approximate surface area is 183 Å². The number of anilines is 1. The third-order valence-electron chi connectivity index (χ3n) is 5.36. The van der Waals surface area contributed by atoms with Gasteiger partial charge in [0.15, 0.2) is 0 Å². The minimum Gasteiger partial charge on any atom is -0.349 e.